The molecule has 0 aliphatic carbocycles. The van der Waals surface area contributed by atoms with Crippen LogP contribution >= 0.6 is 22.9 Å². The highest BCUT2D eigenvalue weighted by Gasteiger charge is 2.07. The van der Waals surface area contributed by atoms with E-state index in [1.54, 1.807) is 11.3 Å². The van der Waals surface area contributed by atoms with Crippen molar-refractivity contribution in [2.75, 3.05) is 6.54 Å². The van der Waals surface area contributed by atoms with Gasteiger partial charge in [0.1, 0.15) is 10.0 Å². The fraction of sp³-hybridized carbons (Fsp3) is 0.273. The molecule has 0 atom stereocenters. The van der Waals surface area contributed by atoms with Crippen LogP contribution in [-0.4, -0.2) is 16.7 Å². The molecular weight excluding hydrogens is 242 g/mol. The number of halogens is 1. The third-order valence-electron chi connectivity index (χ3n) is 2.23. The Morgan fingerprint density at radius 2 is 2.19 bits per heavy atom. The molecule has 3 nitrogen and oxygen atoms in total. The van der Waals surface area contributed by atoms with Crippen LogP contribution in [0.1, 0.15) is 10.6 Å². The second-order valence-corrected chi connectivity index (χ2v) is 4.97. The van der Waals surface area contributed by atoms with Crippen LogP contribution in [0, 0.1) is 6.92 Å². The maximum atomic E-state index is 5.97. The van der Waals surface area contributed by atoms with Crippen LogP contribution in [0.15, 0.2) is 18.2 Å². The normalized spacial score (nSPS) is 10.7. The Bertz CT molecular complexity index is 496. The largest absolute Gasteiger partial charge is 0.330 e. The van der Waals surface area contributed by atoms with Crippen LogP contribution < -0.4 is 5.73 Å². The maximum Gasteiger partial charge on any atom is 0.147 e. The fourth-order valence-corrected chi connectivity index (χ4v) is 2.34. The Balaban J connectivity index is 2.31. The molecule has 1 aromatic carbocycles. The molecule has 0 aliphatic heterocycles. The molecule has 2 rings (SSSR count). The fourth-order valence-electron chi connectivity index (χ4n) is 1.37. The summed E-state index contributed by atoms with van der Waals surface area (Å²) in [6.07, 6.45) is 0.782. The molecule has 0 fully saturated rings. The number of aromatic nitrogens is 2. The molecule has 2 aromatic rings. The molecule has 84 valence electrons. The van der Waals surface area contributed by atoms with Gasteiger partial charge >= 0.3 is 0 Å². The molecule has 0 aliphatic rings. The van der Waals surface area contributed by atoms with Gasteiger partial charge in [0.05, 0.1) is 0 Å². The molecule has 0 radical (unpaired) electrons. The van der Waals surface area contributed by atoms with Gasteiger partial charge in [0.25, 0.3) is 0 Å². The zero-order valence-corrected chi connectivity index (χ0v) is 10.5. The van der Waals surface area contributed by atoms with Gasteiger partial charge in [0.15, 0.2) is 0 Å². The summed E-state index contributed by atoms with van der Waals surface area (Å²) >= 11 is 7.55. The molecule has 0 saturated heterocycles. The Kier molecular flexibility index (Phi) is 3.53. The number of hydrogen-bond acceptors (Lipinski definition) is 4. The third kappa shape index (κ3) is 2.40. The molecule has 5 heteroatoms. The first-order valence-corrected chi connectivity index (χ1v) is 6.19. The molecule has 1 heterocycles. The zero-order chi connectivity index (χ0) is 11.5. The molecule has 0 amide bonds. The van der Waals surface area contributed by atoms with Gasteiger partial charge < -0.3 is 5.73 Å². The Morgan fingerprint density at radius 1 is 1.38 bits per heavy atom. The van der Waals surface area contributed by atoms with Gasteiger partial charge in [-0.3, -0.25) is 0 Å². The van der Waals surface area contributed by atoms with Crippen molar-refractivity contribution in [1.82, 2.24) is 10.2 Å². The SMILES string of the molecule is Cc1cc(-c2nnc(CCN)s2)ccc1Cl. The van der Waals surface area contributed by atoms with Crippen molar-refractivity contribution in [3.63, 3.8) is 0 Å². The smallest absolute Gasteiger partial charge is 0.147 e. The lowest BCUT2D eigenvalue weighted by atomic mass is 10.1. The molecule has 16 heavy (non-hydrogen) atoms. The molecular formula is C11H12ClN3S. The van der Waals surface area contributed by atoms with Gasteiger partial charge in [0, 0.05) is 17.0 Å². The van der Waals surface area contributed by atoms with E-state index in [0.717, 1.165) is 32.6 Å². The Morgan fingerprint density at radius 3 is 2.88 bits per heavy atom. The third-order valence-corrected chi connectivity index (χ3v) is 3.69. The van der Waals surface area contributed by atoms with Gasteiger partial charge in [-0.15, -0.1) is 10.2 Å². The van der Waals surface area contributed by atoms with Crippen molar-refractivity contribution in [1.29, 1.82) is 0 Å². The van der Waals surface area contributed by atoms with Crippen LogP contribution in [0.2, 0.25) is 5.02 Å². The molecule has 0 bridgehead atoms. The van der Waals surface area contributed by atoms with Gasteiger partial charge in [-0.1, -0.05) is 29.0 Å². The molecule has 2 N–H and O–H groups in total. The number of rotatable bonds is 3. The minimum absolute atomic E-state index is 0.605. The van der Waals surface area contributed by atoms with E-state index in [9.17, 15) is 0 Å². The lowest BCUT2D eigenvalue weighted by Gasteiger charge is -1.99. The topological polar surface area (TPSA) is 51.8 Å². The summed E-state index contributed by atoms with van der Waals surface area (Å²) in [6.45, 7) is 2.59. The van der Waals surface area contributed by atoms with E-state index in [1.165, 1.54) is 0 Å². The first-order chi connectivity index (χ1) is 7.70. The van der Waals surface area contributed by atoms with Gasteiger partial charge in [-0.2, -0.15) is 0 Å². The predicted molar refractivity (Wildman–Crippen MR) is 67.9 cm³/mol. The Hall–Kier alpha value is -0.970. The summed E-state index contributed by atoms with van der Waals surface area (Å²) in [4.78, 5) is 0. The van der Waals surface area contributed by atoms with E-state index in [1.807, 2.05) is 25.1 Å². The minimum atomic E-state index is 0.605. The molecule has 0 unspecified atom stereocenters. The van der Waals surface area contributed by atoms with Gasteiger partial charge in [-0.25, -0.2) is 0 Å². The van der Waals surface area contributed by atoms with Crippen LogP contribution in [0.4, 0.5) is 0 Å². The summed E-state index contributed by atoms with van der Waals surface area (Å²) in [7, 11) is 0. The van der Waals surface area contributed by atoms with E-state index >= 15 is 0 Å². The summed E-state index contributed by atoms with van der Waals surface area (Å²) in [5.74, 6) is 0. The number of benzene rings is 1. The highest BCUT2D eigenvalue weighted by Crippen LogP contribution is 2.27. The van der Waals surface area contributed by atoms with Crippen molar-refractivity contribution in [3.8, 4) is 10.6 Å². The van der Waals surface area contributed by atoms with Crippen LogP contribution in [0.25, 0.3) is 10.6 Å². The summed E-state index contributed by atoms with van der Waals surface area (Å²) in [6, 6.07) is 5.87. The minimum Gasteiger partial charge on any atom is -0.330 e. The number of hydrogen-bond donors (Lipinski definition) is 1. The first-order valence-electron chi connectivity index (χ1n) is 4.99. The van der Waals surface area contributed by atoms with Crippen LogP contribution in [0.3, 0.4) is 0 Å². The quantitative estimate of drug-likeness (QED) is 0.915. The monoisotopic (exact) mass is 253 g/mol. The van der Waals surface area contributed by atoms with Crippen molar-refractivity contribution in [2.45, 2.75) is 13.3 Å². The van der Waals surface area contributed by atoms with E-state index < -0.39 is 0 Å². The second kappa shape index (κ2) is 4.91. The van der Waals surface area contributed by atoms with Crippen molar-refractivity contribution < 1.29 is 0 Å². The van der Waals surface area contributed by atoms with E-state index in [0.29, 0.717) is 6.54 Å². The molecule has 0 spiro atoms. The van der Waals surface area contributed by atoms with Crippen LogP contribution in [-0.2, 0) is 6.42 Å². The highest BCUT2D eigenvalue weighted by molar-refractivity contribution is 7.14. The average molecular weight is 254 g/mol. The predicted octanol–water partition coefficient (Wildman–Crippen LogP) is 2.67. The molecule has 1 aromatic heterocycles. The van der Waals surface area contributed by atoms with E-state index in [2.05, 4.69) is 10.2 Å². The standard InChI is InChI=1S/C11H12ClN3S/c1-7-6-8(2-3-9(7)12)11-15-14-10(16-11)4-5-13/h2-3,6H,4-5,13H2,1H3. The van der Waals surface area contributed by atoms with Crippen molar-refractivity contribution in [2.24, 2.45) is 5.73 Å². The lowest BCUT2D eigenvalue weighted by molar-refractivity contribution is 0.913. The summed E-state index contributed by atoms with van der Waals surface area (Å²) in [5, 5.41) is 10.9. The number of nitrogens with two attached hydrogens (primary N) is 1. The van der Waals surface area contributed by atoms with E-state index in [4.69, 9.17) is 17.3 Å². The van der Waals surface area contributed by atoms with Crippen molar-refractivity contribution in [3.05, 3.63) is 33.8 Å². The Labute approximate surface area is 103 Å². The van der Waals surface area contributed by atoms with Crippen molar-refractivity contribution >= 4 is 22.9 Å². The zero-order valence-electron chi connectivity index (χ0n) is 8.90. The maximum absolute atomic E-state index is 5.97. The highest BCUT2D eigenvalue weighted by atomic mass is 35.5. The lowest BCUT2D eigenvalue weighted by Crippen LogP contribution is -2.01. The summed E-state index contributed by atoms with van der Waals surface area (Å²) in [5.41, 5.74) is 7.58. The molecule has 0 saturated carbocycles. The number of nitrogens with zero attached hydrogens (tertiary/aromatic N) is 2. The number of aryl methyl sites for hydroxylation is 1. The van der Waals surface area contributed by atoms with Crippen LogP contribution in [0.5, 0.6) is 0 Å². The van der Waals surface area contributed by atoms with E-state index in [-0.39, 0.29) is 0 Å². The summed E-state index contributed by atoms with van der Waals surface area (Å²) < 4.78 is 0. The second-order valence-electron chi connectivity index (χ2n) is 3.50. The average Bonchev–Trinajstić information content (AvgIpc) is 2.71. The first kappa shape index (κ1) is 11.5. The van der Waals surface area contributed by atoms with Gasteiger partial charge in [0.2, 0.25) is 0 Å². The van der Waals surface area contributed by atoms with Gasteiger partial charge in [-0.05, 0) is 31.2 Å².